The maximum absolute atomic E-state index is 11.4. The molecule has 1 aliphatic carbocycles. The van der Waals surface area contributed by atoms with Crippen LogP contribution >= 0.6 is 11.5 Å². The predicted molar refractivity (Wildman–Crippen MR) is 51.0 cm³/mol. The fraction of sp³-hybridized carbons (Fsp3) is 0.625. The Labute approximate surface area is 85.3 Å². The number of carbonyl (C=O) groups excluding carboxylic acids is 1. The Morgan fingerprint density at radius 2 is 2.50 bits per heavy atom. The molecule has 6 heteroatoms. The molecule has 0 unspecified atom stereocenters. The van der Waals surface area contributed by atoms with Crippen molar-refractivity contribution in [1.82, 2.24) is 14.9 Å². The van der Waals surface area contributed by atoms with Gasteiger partial charge in [-0.25, -0.2) is 0 Å². The number of amides is 1. The van der Waals surface area contributed by atoms with Crippen molar-refractivity contribution in [3.05, 3.63) is 11.1 Å². The Kier molecular flexibility index (Phi) is 2.47. The van der Waals surface area contributed by atoms with Gasteiger partial charge in [0.25, 0.3) is 5.91 Å². The summed E-state index contributed by atoms with van der Waals surface area (Å²) in [6, 6.07) is 0. The van der Waals surface area contributed by atoms with Gasteiger partial charge in [0.2, 0.25) is 0 Å². The Bertz CT molecular complexity index is 321. The highest BCUT2D eigenvalue weighted by atomic mass is 32.1. The zero-order chi connectivity index (χ0) is 10.0. The van der Waals surface area contributed by atoms with E-state index in [1.54, 1.807) is 5.38 Å². The van der Waals surface area contributed by atoms with Gasteiger partial charge in [0, 0.05) is 11.9 Å². The summed E-state index contributed by atoms with van der Waals surface area (Å²) >= 11 is 1.14. The topological polar surface area (TPSA) is 75.1 Å². The fourth-order valence-electron chi connectivity index (χ4n) is 1.36. The maximum Gasteiger partial charge on any atom is 0.272 e. The van der Waals surface area contributed by atoms with Gasteiger partial charge in [0.15, 0.2) is 5.69 Å². The van der Waals surface area contributed by atoms with Crippen molar-refractivity contribution in [1.29, 1.82) is 0 Å². The summed E-state index contributed by atoms with van der Waals surface area (Å²) in [6.45, 7) is 0.309. The lowest BCUT2D eigenvalue weighted by atomic mass is 9.80. The third-order valence-electron chi connectivity index (χ3n) is 2.45. The largest absolute Gasteiger partial charge is 0.388 e. The van der Waals surface area contributed by atoms with Crippen molar-refractivity contribution in [2.24, 2.45) is 0 Å². The summed E-state index contributed by atoms with van der Waals surface area (Å²) in [4.78, 5) is 11.4. The summed E-state index contributed by atoms with van der Waals surface area (Å²) in [7, 11) is 0. The first-order valence-corrected chi connectivity index (χ1v) is 5.31. The SMILES string of the molecule is O=C(NCC1(O)CCC1)c1csnn1. The monoisotopic (exact) mass is 213 g/mol. The Morgan fingerprint density at radius 1 is 1.71 bits per heavy atom. The third-order valence-corrected chi connectivity index (χ3v) is 2.96. The Hall–Kier alpha value is -1.01. The third kappa shape index (κ3) is 1.91. The number of nitrogens with zero attached hydrogens (tertiary/aromatic N) is 2. The molecular formula is C8H11N3O2S. The van der Waals surface area contributed by atoms with E-state index in [4.69, 9.17) is 0 Å². The number of nitrogens with one attached hydrogen (secondary N) is 1. The molecule has 0 saturated heterocycles. The van der Waals surface area contributed by atoms with Crippen LogP contribution in [0.5, 0.6) is 0 Å². The van der Waals surface area contributed by atoms with Crippen LogP contribution in [-0.4, -0.2) is 32.7 Å². The standard InChI is InChI=1S/C8H11N3O2S/c12-7(6-4-14-11-10-6)9-5-8(13)2-1-3-8/h4,13H,1-3,5H2,(H,9,12). The average molecular weight is 213 g/mol. The van der Waals surface area contributed by atoms with E-state index in [1.165, 1.54) is 0 Å². The fourth-order valence-corrected chi connectivity index (χ4v) is 1.80. The first-order chi connectivity index (χ1) is 6.70. The quantitative estimate of drug-likeness (QED) is 0.751. The summed E-state index contributed by atoms with van der Waals surface area (Å²) in [5, 5.41) is 17.6. The minimum atomic E-state index is -0.681. The lowest BCUT2D eigenvalue weighted by molar-refractivity contribution is -0.0300. The molecule has 0 atom stereocenters. The van der Waals surface area contributed by atoms with Crippen LogP contribution in [0.15, 0.2) is 5.38 Å². The summed E-state index contributed by atoms with van der Waals surface area (Å²) in [5.41, 5.74) is -0.364. The molecule has 1 amide bonds. The highest BCUT2D eigenvalue weighted by molar-refractivity contribution is 7.03. The van der Waals surface area contributed by atoms with Crippen LogP contribution in [0.3, 0.4) is 0 Å². The lowest BCUT2D eigenvalue weighted by Gasteiger charge is -2.36. The smallest absolute Gasteiger partial charge is 0.272 e. The summed E-state index contributed by atoms with van der Waals surface area (Å²) in [5.74, 6) is -0.265. The minimum Gasteiger partial charge on any atom is -0.388 e. The van der Waals surface area contributed by atoms with Crippen molar-refractivity contribution in [2.45, 2.75) is 24.9 Å². The second-order valence-electron chi connectivity index (χ2n) is 3.55. The normalized spacial score (nSPS) is 18.6. The van der Waals surface area contributed by atoms with Gasteiger partial charge in [-0.05, 0) is 30.8 Å². The zero-order valence-corrected chi connectivity index (χ0v) is 8.38. The molecule has 0 aromatic carbocycles. The van der Waals surface area contributed by atoms with Gasteiger partial charge in [-0.3, -0.25) is 4.79 Å². The first kappa shape index (κ1) is 9.54. The molecule has 0 radical (unpaired) electrons. The van der Waals surface area contributed by atoms with Crippen molar-refractivity contribution in [3.63, 3.8) is 0 Å². The molecule has 1 heterocycles. The molecule has 1 aromatic heterocycles. The Morgan fingerprint density at radius 3 is 3.00 bits per heavy atom. The molecule has 14 heavy (non-hydrogen) atoms. The predicted octanol–water partition coefficient (Wildman–Crippen LogP) is 0.183. The molecular weight excluding hydrogens is 202 g/mol. The van der Waals surface area contributed by atoms with E-state index in [1.807, 2.05) is 0 Å². The molecule has 0 aliphatic heterocycles. The number of hydrogen-bond acceptors (Lipinski definition) is 5. The van der Waals surface area contributed by atoms with Crippen molar-refractivity contribution in [3.8, 4) is 0 Å². The molecule has 0 bridgehead atoms. The summed E-state index contributed by atoms with van der Waals surface area (Å²) < 4.78 is 3.59. The van der Waals surface area contributed by atoms with Crippen LogP contribution in [0.1, 0.15) is 29.8 Å². The second kappa shape index (κ2) is 3.62. The number of carbonyl (C=O) groups is 1. The van der Waals surface area contributed by atoms with Crippen LogP contribution in [0.25, 0.3) is 0 Å². The molecule has 2 rings (SSSR count). The van der Waals surface area contributed by atoms with Gasteiger partial charge in [0.05, 0.1) is 5.60 Å². The average Bonchev–Trinajstić information content (AvgIpc) is 2.63. The minimum absolute atomic E-state index is 0.265. The van der Waals surface area contributed by atoms with E-state index in [0.29, 0.717) is 12.2 Å². The van der Waals surface area contributed by atoms with Crippen molar-refractivity contribution >= 4 is 17.4 Å². The maximum atomic E-state index is 11.4. The van der Waals surface area contributed by atoms with E-state index in [-0.39, 0.29) is 5.91 Å². The van der Waals surface area contributed by atoms with Crippen LogP contribution in [0.2, 0.25) is 0 Å². The van der Waals surface area contributed by atoms with Crippen LogP contribution in [-0.2, 0) is 0 Å². The number of rotatable bonds is 3. The molecule has 1 aromatic rings. The van der Waals surface area contributed by atoms with Crippen LogP contribution in [0.4, 0.5) is 0 Å². The van der Waals surface area contributed by atoms with Gasteiger partial charge in [0.1, 0.15) is 0 Å². The molecule has 2 N–H and O–H groups in total. The molecule has 0 spiro atoms. The van der Waals surface area contributed by atoms with Gasteiger partial charge in [-0.2, -0.15) is 0 Å². The van der Waals surface area contributed by atoms with Gasteiger partial charge in [-0.1, -0.05) is 4.49 Å². The second-order valence-corrected chi connectivity index (χ2v) is 4.16. The number of aliphatic hydroxyl groups is 1. The Balaban J connectivity index is 1.84. The van der Waals surface area contributed by atoms with E-state index < -0.39 is 5.60 Å². The molecule has 1 aliphatic rings. The highest BCUT2D eigenvalue weighted by Crippen LogP contribution is 2.30. The van der Waals surface area contributed by atoms with Crippen LogP contribution in [0, 0.1) is 0 Å². The zero-order valence-electron chi connectivity index (χ0n) is 7.56. The highest BCUT2D eigenvalue weighted by Gasteiger charge is 2.34. The van der Waals surface area contributed by atoms with Crippen LogP contribution < -0.4 is 5.32 Å². The molecule has 76 valence electrons. The van der Waals surface area contributed by atoms with E-state index in [9.17, 15) is 9.90 Å². The van der Waals surface area contributed by atoms with Crippen molar-refractivity contribution < 1.29 is 9.90 Å². The van der Waals surface area contributed by atoms with E-state index in [2.05, 4.69) is 14.9 Å². The molecule has 5 nitrogen and oxygen atoms in total. The molecule has 1 fully saturated rings. The van der Waals surface area contributed by atoms with Crippen molar-refractivity contribution in [2.75, 3.05) is 6.54 Å². The van der Waals surface area contributed by atoms with Gasteiger partial charge in [-0.15, -0.1) is 5.10 Å². The molecule has 1 saturated carbocycles. The summed E-state index contributed by atoms with van der Waals surface area (Å²) in [6.07, 6.45) is 2.57. The lowest BCUT2D eigenvalue weighted by Crippen LogP contribution is -2.47. The first-order valence-electron chi connectivity index (χ1n) is 4.47. The number of hydrogen-bond donors (Lipinski definition) is 2. The number of aromatic nitrogens is 2. The van der Waals surface area contributed by atoms with E-state index >= 15 is 0 Å². The van der Waals surface area contributed by atoms with Gasteiger partial charge >= 0.3 is 0 Å². The van der Waals surface area contributed by atoms with Gasteiger partial charge < -0.3 is 10.4 Å². The van der Waals surface area contributed by atoms with E-state index in [0.717, 1.165) is 30.8 Å².